The van der Waals surface area contributed by atoms with Gasteiger partial charge < -0.3 is 5.32 Å². The molecule has 0 saturated carbocycles. The fourth-order valence-electron chi connectivity index (χ4n) is 3.12. The van der Waals surface area contributed by atoms with E-state index in [0.717, 1.165) is 0 Å². The molecule has 27 heavy (non-hydrogen) atoms. The average molecular weight is 427 g/mol. The molecule has 1 amide bonds. The molecule has 1 fully saturated rings. The third-order valence-corrected chi connectivity index (χ3v) is 6.80. The number of rotatable bonds is 5. The molecule has 1 saturated heterocycles. The van der Waals surface area contributed by atoms with Crippen LogP contribution in [0.2, 0.25) is 10.0 Å². The zero-order valence-corrected chi connectivity index (χ0v) is 16.9. The number of hydrogen-bond donors (Lipinski definition) is 1. The first kappa shape index (κ1) is 20.1. The summed E-state index contributed by atoms with van der Waals surface area (Å²) in [6.07, 6.45) is 1.30. The third-order valence-electron chi connectivity index (χ3n) is 4.50. The van der Waals surface area contributed by atoms with Gasteiger partial charge >= 0.3 is 0 Å². The fourth-order valence-corrected chi connectivity index (χ4v) is 5.05. The SMILES string of the molecule is O=C(Nc1ccc(Cl)cc1)[C@H]1CCCN(S(=O)(=O)Cc2cccc(Cl)c2)C1. The predicted molar refractivity (Wildman–Crippen MR) is 108 cm³/mol. The van der Waals surface area contributed by atoms with Crippen LogP contribution < -0.4 is 5.32 Å². The Bertz CT molecular complexity index is 917. The van der Waals surface area contributed by atoms with Crippen LogP contribution in [-0.4, -0.2) is 31.7 Å². The lowest BCUT2D eigenvalue weighted by Crippen LogP contribution is -2.44. The number of carbonyl (C=O) groups is 1. The van der Waals surface area contributed by atoms with Gasteiger partial charge in [0.15, 0.2) is 0 Å². The van der Waals surface area contributed by atoms with Crippen LogP contribution in [0.5, 0.6) is 0 Å². The van der Waals surface area contributed by atoms with Gasteiger partial charge in [0, 0.05) is 28.8 Å². The van der Waals surface area contributed by atoms with Gasteiger partial charge in [-0.05, 0) is 54.8 Å². The Morgan fingerprint density at radius 3 is 2.56 bits per heavy atom. The van der Waals surface area contributed by atoms with Gasteiger partial charge in [0.2, 0.25) is 15.9 Å². The van der Waals surface area contributed by atoms with Crippen molar-refractivity contribution in [3.63, 3.8) is 0 Å². The Kier molecular flexibility index (Phi) is 6.42. The highest BCUT2D eigenvalue weighted by atomic mass is 35.5. The van der Waals surface area contributed by atoms with E-state index >= 15 is 0 Å². The number of benzene rings is 2. The summed E-state index contributed by atoms with van der Waals surface area (Å²) in [5, 5.41) is 3.92. The van der Waals surface area contributed by atoms with E-state index < -0.39 is 10.0 Å². The Balaban J connectivity index is 1.65. The van der Waals surface area contributed by atoms with Crippen molar-refractivity contribution >= 4 is 44.8 Å². The minimum Gasteiger partial charge on any atom is -0.326 e. The second-order valence-corrected chi connectivity index (χ2v) is 9.42. The third kappa shape index (κ3) is 5.45. The van der Waals surface area contributed by atoms with Gasteiger partial charge in [-0.2, -0.15) is 0 Å². The Labute approximate surface area is 169 Å². The first-order chi connectivity index (χ1) is 12.8. The van der Waals surface area contributed by atoms with E-state index in [1.165, 1.54) is 4.31 Å². The van der Waals surface area contributed by atoms with E-state index in [1.54, 1.807) is 48.5 Å². The molecule has 1 N–H and O–H groups in total. The zero-order valence-electron chi connectivity index (χ0n) is 14.6. The predicted octanol–water partition coefficient (Wildman–Crippen LogP) is 4.17. The molecule has 0 aliphatic carbocycles. The summed E-state index contributed by atoms with van der Waals surface area (Å²) >= 11 is 11.8. The van der Waals surface area contributed by atoms with Crippen LogP contribution in [0.25, 0.3) is 0 Å². The van der Waals surface area contributed by atoms with E-state index in [1.807, 2.05) is 0 Å². The molecule has 0 bridgehead atoms. The van der Waals surface area contributed by atoms with Crippen LogP contribution in [0.15, 0.2) is 48.5 Å². The minimum absolute atomic E-state index is 0.126. The Morgan fingerprint density at radius 1 is 1.11 bits per heavy atom. The molecule has 5 nitrogen and oxygen atoms in total. The highest BCUT2D eigenvalue weighted by molar-refractivity contribution is 7.88. The van der Waals surface area contributed by atoms with Gasteiger partial charge in [-0.15, -0.1) is 0 Å². The van der Waals surface area contributed by atoms with Gasteiger partial charge in [0.25, 0.3) is 0 Å². The number of nitrogens with one attached hydrogen (secondary N) is 1. The van der Waals surface area contributed by atoms with Gasteiger partial charge in [-0.3, -0.25) is 4.79 Å². The highest BCUT2D eigenvalue weighted by Gasteiger charge is 2.32. The zero-order chi connectivity index (χ0) is 19.4. The van der Waals surface area contributed by atoms with Gasteiger partial charge in [0.1, 0.15) is 0 Å². The number of hydrogen-bond acceptors (Lipinski definition) is 3. The standard InChI is InChI=1S/C19H20Cl2N2O3S/c20-16-6-8-18(9-7-16)22-19(24)15-4-2-10-23(12-15)27(25,26)13-14-3-1-5-17(21)11-14/h1,3,5-9,11,15H,2,4,10,12-13H2,(H,22,24)/t15-/m0/s1. The maximum Gasteiger partial charge on any atom is 0.228 e. The van der Waals surface area contributed by atoms with Crippen molar-refractivity contribution in [2.45, 2.75) is 18.6 Å². The van der Waals surface area contributed by atoms with Gasteiger partial charge in [-0.1, -0.05) is 35.3 Å². The first-order valence-corrected chi connectivity index (χ1v) is 11.0. The average Bonchev–Trinajstić information content (AvgIpc) is 2.63. The smallest absolute Gasteiger partial charge is 0.228 e. The summed E-state index contributed by atoms with van der Waals surface area (Å²) in [6.45, 7) is 0.607. The molecule has 0 spiro atoms. The van der Waals surface area contributed by atoms with Crippen molar-refractivity contribution in [2.24, 2.45) is 5.92 Å². The van der Waals surface area contributed by atoms with Crippen molar-refractivity contribution in [3.05, 3.63) is 64.1 Å². The Morgan fingerprint density at radius 2 is 1.85 bits per heavy atom. The van der Waals surface area contributed by atoms with E-state index in [4.69, 9.17) is 23.2 Å². The lowest BCUT2D eigenvalue weighted by molar-refractivity contribution is -0.120. The summed E-state index contributed by atoms with van der Waals surface area (Å²) < 4.78 is 26.9. The van der Waals surface area contributed by atoms with Crippen molar-refractivity contribution in [1.82, 2.24) is 4.31 Å². The lowest BCUT2D eigenvalue weighted by atomic mass is 9.99. The highest BCUT2D eigenvalue weighted by Crippen LogP contribution is 2.24. The molecule has 144 valence electrons. The number of carbonyl (C=O) groups excluding carboxylic acids is 1. The van der Waals surface area contributed by atoms with E-state index in [2.05, 4.69) is 5.32 Å². The molecule has 1 atom stereocenters. The number of amides is 1. The second kappa shape index (κ2) is 8.61. The molecule has 1 heterocycles. The number of sulfonamides is 1. The number of halogens is 2. The van der Waals surface area contributed by atoms with Crippen molar-refractivity contribution in [1.29, 1.82) is 0 Å². The van der Waals surface area contributed by atoms with Crippen LogP contribution in [0.3, 0.4) is 0 Å². The van der Waals surface area contributed by atoms with Crippen LogP contribution in [0, 0.1) is 5.92 Å². The van der Waals surface area contributed by atoms with Crippen molar-refractivity contribution in [3.8, 4) is 0 Å². The molecular formula is C19H20Cl2N2O3S. The summed E-state index contributed by atoms with van der Waals surface area (Å²) in [5.74, 6) is -0.692. The second-order valence-electron chi connectivity index (χ2n) is 6.58. The fraction of sp³-hybridized carbons (Fsp3) is 0.316. The molecule has 0 aromatic heterocycles. The van der Waals surface area contributed by atoms with Crippen molar-refractivity contribution in [2.75, 3.05) is 18.4 Å². The summed E-state index contributed by atoms with van der Waals surface area (Å²) in [6, 6.07) is 13.6. The topological polar surface area (TPSA) is 66.5 Å². The van der Waals surface area contributed by atoms with Gasteiger partial charge in [-0.25, -0.2) is 12.7 Å². The number of anilines is 1. The van der Waals surface area contributed by atoms with Crippen molar-refractivity contribution < 1.29 is 13.2 Å². The lowest BCUT2D eigenvalue weighted by Gasteiger charge is -2.31. The number of nitrogens with zero attached hydrogens (tertiary/aromatic N) is 1. The maximum atomic E-state index is 12.8. The Hall–Kier alpha value is -1.60. The summed E-state index contributed by atoms with van der Waals surface area (Å²) in [5.41, 5.74) is 1.28. The molecule has 0 unspecified atom stereocenters. The molecule has 2 aromatic rings. The number of piperidine rings is 1. The summed E-state index contributed by atoms with van der Waals surface area (Å²) in [4.78, 5) is 12.5. The maximum absolute atomic E-state index is 12.8. The van der Waals surface area contributed by atoms with Crippen LogP contribution in [-0.2, 0) is 20.6 Å². The van der Waals surface area contributed by atoms with E-state index in [9.17, 15) is 13.2 Å². The summed E-state index contributed by atoms with van der Waals surface area (Å²) in [7, 11) is -3.52. The van der Waals surface area contributed by atoms with E-state index in [0.29, 0.717) is 40.7 Å². The normalized spacial score (nSPS) is 18.2. The minimum atomic E-state index is -3.52. The molecule has 8 heteroatoms. The quantitative estimate of drug-likeness (QED) is 0.779. The molecule has 1 aliphatic heterocycles. The van der Waals surface area contributed by atoms with E-state index in [-0.39, 0.29) is 24.1 Å². The van der Waals surface area contributed by atoms with Crippen LogP contribution in [0.4, 0.5) is 5.69 Å². The molecular weight excluding hydrogens is 407 g/mol. The largest absolute Gasteiger partial charge is 0.326 e. The molecule has 1 aliphatic rings. The molecule has 0 radical (unpaired) electrons. The van der Waals surface area contributed by atoms with Gasteiger partial charge in [0.05, 0.1) is 11.7 Å². The first-order valence-electron chi connectivity index (χ1n) is 8.62. The molecule has 2 aromatic carbocycles. The van der Waals surface area contributed by atoms with Crippen LogP contribution in [0.1, 0.15) is 18.4 Å². The molecule has 3 rings (SSSR count). The van der Waals surface area contributed by atoms with Crippen LogP contribution >= 0.6 is 23.2 Å². The monoisotopic (exact) mass is 426 g/mol.